The molecule has 2 aromatic carbocycles. The van der Waals surface area contributed by atoms with Gasteiger partial charge >= 0.3 is 12.1 Å². The van der Waals surface area contributed by atoms with Crippen molar-refractivity contribution in [3.63, 3.8) is 0 Å². The van der Waals surface area contributed by atoms with Crippen molar-refractivity contribution in [2.45, 2.75) is 62.8 Å². The Balaban J connectivity index is 1.42. The molecular weight excluding hydrogens is 458 g/mol. The number of ketones is 1. The van der Waals surface area contributed by atoms with Crippen LogP contribution < -0.4 is 10.2 Å². The van der Waals surface area contributed by atoms with E-state index in [1.807, 2.05) is 30.3 Å². The molecule has 1 amide bonds. The van der Waals surface area contributed by atoms with Gasteiger partial charge in [-0.05, 0) is 48.8 Å². The van der Waals surface area contributed by atoms with Crippen LogP contribution in [0.1, 0.15) is 55.7 Å². The maximum Gasteiger partial charge on any atom is 0.414 e. The van der Waals surface area contributed by atoms with Crippen molar-refractivity contribution in [1.29, 1.82) is 0 Å². The van der Waals surface area contributed by atoms with Gasteiger partial charge in [-0.2, -0.15) is 0 Å². The van der Waals surface area contributed by atoms with Gasteiger partial charge in [0.1, 0.15) is 6.61 Å². The summed E-state index contributed by atoms with van der Waals surface area (Å²) in [5, 5.41) is 12.3. The SMILES string of the molecule is O=C(O)CCC(=O)C1(NC2c3cc(F)c(F)cc3N(C(=O)OCc3ccccc3)C3CCC23)CC1. The van der Waals surface area contributed by atoms with Crippen LogP contribution in [0, 0.1) is 17.6 Å². The van der Waals surface area contributed by atoms with E-state index in [0.29, 0.717) is 24.8 Å². The molecule has 1 aliphatic heterocycles. The fourth-order valence-electron chi connectivity index (χ4n) is 5.23. The van der Waals surface area contributed by atoms with E-state index in [9.17, 15) is 23.2 Å². The lowest BCUT2D eigenvalue weighted by atomic mass is 9.68. The maximum atomic E-state index is 14.4. The Morgan fingerprint density at radius 2 is 1.77 bits per heavy atom. The molecule has 2 fully saturated rings. The number of carboxylic acids is 1. The zero-order chi connectivity index (χ0) is 24.7. The molecule has 3 unspecified atom stereocenters. The third-order valence-corrected chi connectivity index (χ3v) is 7.40. The molecule has 9 heteroatoms. The van der Waals surface area contributed by atoms with Crippen LogP contribution in [-0.4, -0.2) is 34.5 Å². The number of hydrogen-bond acceptors (Lipinski definition) is 5. The number of carbonyl (C=O) groups is 3. The summed E-state index contributed by atoms with van der Waals surface area (Å²) < 4.78 is 34.2. The smallest absolute Gasteiger partial charge is 0.414 e. The minimum Gasteiger partial charge on any atom is -0.481 e. The van der Waals surface area contributed by atoms with Crippen molar-refractivity contribution in [2.75, 3.05) is 4.90 Å². The van der Waals surface area contributed by atoms with Crippen LogP contribution in [0.25, 0.3) is 0 Å². The number of ether oxygens (including phenoxy) is 1. The molecule has 0 bridgehead atoms. The predicted octanol–water partition coefficient (Wildman–Crippen LogP) is 4.50. The lowest BCUT2D eigenvalue weighted by Gasteiger charge is -2.52. The first kappa shape index (κ1) is 23.4. The average molecular weight is 484 g/mol. The van der Waals surface area contributed by atoms with Gasteiger partial charge < -0.3 is 9.84 Å². The molecule has 0 spiro atoms. The highest BCUT2D eigenvalue weighted by atomic mass is 19.2. The number of aliphatic carboxylic acids is 1. The standard InChI is InChI=1S/C26H26F2N2O5/c27-18-12-17-21(13-19(18)28)30(25(34)35-14-15-4-2-1-3-5-15)20-7-6-16(20)24(17)29-26(10-11-26)22(31)8-9-23(32)33/h1-5,12-13,16,20,24,29H,6-11,14H2,(H,32,33). The maximum absolute atomic E-state index is 14.4. The summed E-state index contributed by atoms with van der Waals surface area (Å²) in [7, 11) is 0. The van der Waals surface area contributed by atoms with Gasteiger partial charge in [-0.3, -0.25) is 19.8 Å². The van der Waals surface area contributed by atoms with E-state index < -0.39 is 35.3 Å². The summed E-state index contributed by atoms with van der Waals surface area (Å²) in [4.78, 5) is 38.3. The summed E-state index contributed by atoms with van der Waals surface area (Å²) in [6.45, 7) is 0.0510. The highest BCUT2D eigenvalue weighted by Crippen LogP contribution is 2.53. The quantitative estimate of drug-likeness (QED) is 0.573. The second kappa shape index (κ2) is 9.03. The van der Waals surface area contributed by atoms with Gasteiger partial charge in [0.2, 0.25) is 0 Å². The number of rotatable bonds is 8. The summed E-state index contributed by atoms with van der Waals surface area (Å²) >= 11 is 0. The van der Waals surface area contributed by atoms with Crippen LogP contribution in [0.15, 0.2) is 42.5 Å². The van der Waals surface area contributed by atoms with E-state index in [1.165, 1.54) is 4.90 Å². The molecule has 2 aliphatic carbocycles. The van der Waals surface area contributed by atoms with E-state index in [-0.39, 0.29) is 42.9 Å². The molecule has 2 saturated carbocycles. The summed E-state index contributed by atoms with van der Waals surface area (Å²) in [6, 6.07) is 10.5. The minimum absolute atomic E-state index is 0.0510. The Hall–Kier alpha value is -3.33. The van der Waals surface area contributed by atoms with Crippen LogP contribution in [0.5, 0.6) is 0 Å². The molecule has 184 valence electrons. The lowest BCUT2D eigenvalue weighted by Crippen LogP contribution is -2.59. The van der Waals surface area contributed by atoms with Crippen molar-refractivity contribution in [3.05, 3.63) is 65.2 Å². The fourth-order valence-corrected chi connectivity index (χ4v) is 5.23. The molecule has 35 heavy (non-hydrogen) atoms. The number of nitrogens with one attached hydrogen (secondary N) is 1. The topological polar surface area (TPSA) is 95.9 Å². The molecule has 0 aromatic heterocycles. The Labute approximate surface area is 201 Å². The zero-order valence-corrected chi connectivity index (χ0v) is 19.0. The molecule has 1 heterocycles. The number of nitrogens with zero attached hydrogens (tertiary/aromatic N) is 1. The first-order valence-electron chi connectivity index (χ1n) is 11.8. The fraction of sp³-hybridized carbons (Fsp3) is 0.423. The van der Waals surface area contributed by atoms with E-state index in [2.05, 4.69) is 5.32 Å². The van der Waals surface area contributed by atoms with Crippen LogP contribution in [0.3, 0.4) is 0 Å². The normalized spacial score (nSPS) is 23.5. The van der Waals surface area contributed by atoms with Gasteiger partial charge in [0, 0.05) is 24.6 Å². The minimum atomic E-state index is -1.07. The third kappa shape index (κ3) is 4.40. The van der Waals surface area contributed by atoms with Crippen molar-refractivity contribution in [3.8, 4) is 0 Å². The molecule has 7 nitrogen and oxygen atoms in total. The number of amides is 1. The number of hydrogen-bond donors (Lipinski definition) is 2. The van der Waals surface area contributed by atoms with E-state index >= 15 is 0 Å². The molecule has 2 N–H and O–H groups in total. The zero-order valence-electron chi connectivity index (χ0n) is 19.0. The van der Waals surface area contributed by atoms with Crippen LogP contribution in [0.2, 0.25) is 0 Å². The summed E-state index contributed by atoms with van der Waals surface area (Å²) in [6.07, 6.45) is 1.54. The second-order valence-electron chi connectivity index (χ2n) is 9.56. The molecular formula is C26H26F2N2O5. The number of Topliss-reactive ketones (excluding diaryl/α,β-unsaturated/α-hetero) is 1. The van der Waals surface area contributed by atoms with Gasteiger partial charge in [0.15, 0.2) is 17.4 Å². The summed E-state index contributed by atoms with van der Waals surface area (Å²) in [5.74, 6) is -3.45. The average Bonchev–Trinajstić information content (AvgIpc) is 3.60. The van der Waals surface area contributed by atoms with Gasteiger partial charge in [0.25, 0.3) is 0 Å². The van der Waals surface area contributed by atoms with Crippen molar-refractivity contribution < 1.29 is 33.0 Å². The monoisotopic (exact) mass is 484 g/mol. The Bertz CT molecular complexity index is 1170. The van der Waals surface area contributed by atoms with Crippen LogP contribution in [-0.2, 0) is 20.9 Å². The number of anilines is 1. The van der Waals surface area contributed by atoms with Crippen LogP contribution >= 0.6 is 0 Å². The number of benzene rings is 2. The van der Waals surface area contributed by atoms with Gasteiger partial charge in [-0.1, -0.05) is 30.3 Å². The molecule has 2 aromatic rings. The first-order valence-corrected chi connectivity index (χ1v) is 11.8. The van der Waals surface area contributed by atoms with E-state index in [1.54, 1.807) is 0 Å². The second-order valence-corrected chi connectivity index (χ2v) is 9.56. The molecule has 3 atom stereocenters. The van der Waals surface area contributed by atoms with Gasteiger partial charge in [-0.15, -0.1) is 0 Å². The van der Waals surface area contributed by atoms with Crippen molar-refractivity contribution >= 4 is 23.5 Å². The molecule has 3 aliphatic rings. The van der Waals surface area contributed by atoms with Gasteiger partial charge in [-0.25, -0.2) is 13.6 Å². The highest BCUT2D eigenvalue weighted by Gasteiger charge is 2.56. The Kier molecular flexibility index (Phi) is 6.04. The number of carboxylic acid groups (broad SMARTS) is 1. The predicted molar refractivity (Wildman–Crippen MR) is 122 cm³/mol. The van der Waals surface area contributed by atoms with Crippen molar-refractivity contribution in [2.24, 2.45) is 5.92 Å². The number of carbonyl (C=O) groups excluding carboxylic acids is 2. The molecule has 0 saturated heterocycles. The first-order chi connectivity index (χ1) is 16.8. The van der Waals surface area contributed by atoms with E-state index in [4.69, 9.17) is 9.84 Å². The Morgan fingerprint density at radius 1 is 1.06 bits per heavy atom. The molecule has 0 radical (unpaired) electrons. The Morgan fingerprint density at radius 3 is 2.40 bits per heavy atom. The molecule has 5 rings (SSSR count). The van der Waals surface area contributed by atoms with Crippen LogP contribution in [0.4, 0.5) is 19.3 Å². The highest BCUT2D eigenvalue weighted by molar-refractivity contribution is 5.94. The van der Waals surface area contributed by atoms with Crippen molar-refractivity contribution in [1.82, 2.24) is 5.32 Å². The third-order valence-electron chi connectivity index (χ3n) is 7.40. The van der Waals surface area contributed by atoms with E-state index in [0.717, 1.165) is 24.1 Å². The lowest BCUT2D eigenvalue weighted by molar-refractivity contribution is -0.139. The number of fused-ring (bicyclic) bond motifs is 2. The van der Waals surface area contributed by atoms with Gasteiger partial charge in [0.05, 0.1) is 17.6 Å². The summed E-state index contributed by atoms with van der Waals surface area (Å²) in [5.41, 5.74) is 0.579. The largest absolute Gasteiger partial charge is 0.481 e. The number of halogens is 2.